The Morgan fingerprint density at radius 3 is 1.38 bits per heavy atom. The molecule has 0 saturated heterocycles. The number of hydrogen-bond donors (Lipinski definition) is 2. The van der Waals surface area contributed by atoms with E-state index in [1.807, 2.05) is 0 Å². The van der Waals surface area contributed by atoms with Crippen molar-refractivity contribution in [2.24, 2.45) is 0 Å². The Labute approximate surface area is 150 Å². The minimum Gasteiger partial charge on any atom is -0.347 e. The lowest BCUT2D eigenvalue weighted by molar-refractivity contribution is 0.0862. The van der Waals surface area contributed by atoms with Crippen LogP contribution in [0.3, 0.4) is 0 Å². The zero-order valence-electron chi connectivity index (χ0n) is 14.2. The van der Waals surface area contributed by atoms with Crippen LogP contribution in [0.4, 0.5) is 8.78 Å². The van der Waals surface area contributed by atoms with Crippen molar-refractivity contribution in [1.82, 2.24) is 10.6 Å². The molecule has 2 aromatic carbocycles. The van der Waals surface area contributed by atoms with E-state index in [1.165, 1.54) is 48.5 Å². The number of carbonyl (C=O) groups is 2. The SMILES string of the molecule is O=C(NC1CCCCC1NC(=O)c1ccc(F)cc1)c1ccc(F)cc1. The van der Waals surface area contributed by atoms with Crippen LogP contribution in [0, 0.1) is 11.6 Å². The van der Waals surface area contributed by atoms with Gasteiger partial charge in [0.25, 0.3) is 11.8 Å². The molecule has 136 valence electrons. The summed E-state index contributed by atoms with van der Waals surface area (Å²) in [4.78, 5) is 24.8. The normalized spacial score (nSPS) is 19.6. The van der Waals surface area contributed by atoms with Gasteiger partial charge in [0.1, 0.15) is 11.6 Å². The second-order valence-corrected chi connectivity index (χ2v) is 6.46. The molecular weight excluding hydrogens is 338 g/mol. The Bertz CT molecular complexity index is 708. The summed E-state index contributed by atoms with van der Waals surface area (Å²) < 4.78 is 26.0. The standard InChI is InChI=1S/C20H20F2N2O2/c21-15-9-5-13(6-10-15)19(25)23-17-3-1-2-4-18(17)24-20(26)14-7-11-16(22)12-8-14/h5-12,17-18H,1-4H2,(H,23,25)(H,24,26). The van der Waals surface area contributed by atoms with Crippen LogP contribution in [-0.2, 0) is 0 Å². The van der Waals surface area contributed by atoms with E-state index in [-0.39, 0.29) is 23.9 Å². The number of halogens is 2. The van der Waals surface area contributed by atoms with Crippen LogP contribution in [0.2, 0.25) is 0 Å². The third-order valence-electron chi connectivity index (χ3n) is 4.61. The zero-order chi connectivity index (χ0) is 18.5. The first-order chi connectivity index (χ1) is 12.5. The van der Waals surface area contributed by atoms with Gasteiger partial charge in [0, 0.05) is 23.2 Å². The first-order valence-electron chi connectivity index (χ1n) is 8.66. The lowest BCUT2D eigenvalue weighted by atomic mass is 9.89. The molecule has 0 spiro atoms. The minimum atomic E-state index is -0.399. The Hall–Kier alpha value is -2.76. The highest BCUT2D eigenvalue weighted by Crippen LogP contribution is 2.20. The largest absolute Gasteiger partial charge is 0.347 e. The molecule has 1 saturated carbocycles. The third kappa shape index (κ3) is 4.45. The molecule has 2 aromatic rings. The predicted octanol–water partition coefficient (Wildman–Crippen LogP) is 3.44. The fourth-order valence-corrected chi connectivity index (χ4v) is 3.18. The van der Waals surface area contributed by atoms with E-state index in [9.17, 15) is 18.4 Å². The van der Waals surface area contributed by atoms with Gasteiger partial charge >= 0.3 is 0 Å². The van der Waals surface area contributed by atoms with Crippen LogP contribution in [-0.4, -0.2) is 23.9 Å². The van der Waals surface area contributed by atoms with Gasteiger partial charge < -0.3 is 10.6 Å². The smallest absolute Gasteiger partial charge is 0.251 e. The summed E-state index contributed by atoms with van der Waals surface area (Å²) >= 11 is 0. The highest BCUT2D eigenvalue weighted by atomic mass is 19.1. The van der Waals surface area contributed by atoms with Crippen LogP contribution in [0.15, 0.2) is 48.5 Å². The molecule has 2 atom stereocenters. The van der Waals surface area contributed by atoms with Crippen molar-refractivity contribution in [3.8, 4) is 0 Å². The highest BCUT2D eigenvalue weighted by Gasteiger charge is 2.28. The topological polar surface area (TPSA) is 58.2 Å². The second kappa shape index (κ2) is 8.08. The fourth-order valence-electron chi connectivity index (χ4n) is 3.18. The van der Waals surface area contributed by atoms with Crippen LogP contribution < -0.4 is 10.6 Å². The van der Waals surface area contributed by atoms with Gasteiger partial charge in [-0.2, -0.15) is 0 Å². The molecular formula is C20H20F2N2O2. The first-order valence-corrected chi connectivity index (χ1v) is 8.66. The number of amides is 2. The minimum absolute atomic E-state index is 0.203. The van der Waals surface area contributed by atoms with Gasteiger partial charge in [-0.3, -0.25) is 9.59 Å². The van der Waals surface area contributed by atoms with E-state index in [4.69, 9.17) is 0 Å². The van der Waals surface area contributed by atoms with Gasteiger partial charge in [-0.05, 0) is 61.4 Å². The first kappa shape index (κ1) is 18.0. The molecule has 1 aliphatic carbocycles. The molecule has 6 heteroatoms. The van der Waals surface area contributed by atoms with E-state index >= 15 is 0 Å². The van der Waals surface area contributed by atoms with E-state index in [2.05, 4.69) is 10.6 Å². The molecule has 26 heavy (non-hydrogen) atoms. The quantitative estimate of drug-likeness (QED) is 0.880. The Morgan fingerprint density at radius 1 is 0.692 bits per heavy atom. The maximum absolute atomic E-state index is 13.0. The molecule has 4 nitrogen and oxygen atoms in total. The Morgan fingerprint density at radius 2 is 1.04 bits per heavy atom. The van der Waals surface area contributed by atoms with Gasteiger partial charge in [0.05, 0.1) is 0 Å². The molecule has 2 amide bonds. The summed E-state index contributed by atoms with van der Waals surface area (Å²) in [5, 5.41) is 5.87. The van der Waals surface area contributed by atoms with Crippen molar-refractivity contribution >= 4 is 11.8 Å². The van der Waals surface area contributed by atoms with Crippen LogP contribution in [0.1, 0.15) is 46.4 Å². The average Bonchev–Trinajstić information content (AvgIpc) is 2.64. The van der Waals surface area contributed by atoms with E-state index < -0.39 is 11.6 Å². The predicted molar refractivity (Wildman–Crippen MR) is 93.8 cm³/mol. The maximum atomic E-state index is 13.0. The van der Waals surface area contributed by atoms with Crippen molar-refractivity contribution < 1.29 is 18.4 Å². The molecule has 0 aromatic heterocycles. The summed E-state index contributed by atoms with van der Waals surface area (Å²) in [6.45, 7) is 0. The maximum Gasteiger partial charge on any atom is 0.251 e. The zero-order valence-corrected chi connectivity index (χ0v) is 14.2. The number of hydrogen-bond acceptors (Lipinski definition) is 2. The molecule has 0 aliphatic heterocycles. The molecule has 1 aliphatic rings. The number of benzene rings is 2. The molecule has 1 fully saturated rings. The van der Waals surface area contributed by atoms with E-state index in [0.29, 0.717) is 11.1 Å². The third-order valence-corrected chi connectivity index (χ3v) is 4.61. The Balaban J connectivity index is 1.65. The van der Waals surface area contributed by atoms with Crippen molar-refractivity contribution in [3.05, 3.63) is 71.3 Å². The van der Waals surface area contributed by atoms with Gasteiger partial charge in [-0.1, -0.05) is 12.8 Å². The van der Waals surface area contributed by atoms with Gasteiger partial charge in [0.2, 0.25) is 0 Å². The van der Waals surface area contributed by atoms with Crippen molar-refractivity contribution in [2.45, 2.75) is 37.8 Å². The molecule has 2 unspecified atom stereocenters. The van der Waals surface area contributed by atoms with Crippen LogP contribution in [0.5, 0.6) is 0 Å². The number of rotatable bonds is 4. The molecule has 2 N–H and O–H groups in total. The van der Waals surface area contributed by atoms with Crippen molar-refractivity contribution in [1.29, 1.82) is 0 Å². The molecule has 0 bridgehead atoms. The van der Waals surface area contributed by atoms with Gasteiger partial charge in [-0.15, -0.1) is 0 Å². The number of carbonyl (C=O) groups excluding carboxylic acids is 2. The summed E-state index contributed by atoms with van der Waals surface area (Å²) in [5.41, 5.74) is 0.751. The molecule has 0 radical (unpaired) electrons. The van der Waals surface area contributed by atoms with Crippen LogP contribution >= 0.6 is 0 Å². The second-order valence-electron chi connectivity index (χ2n) is 6.46. The van der Waals surface area contributed by atoms with Gasteiger partial charge in [0.15, 0.2) is 0 Å². The lowest BCUT2D eigenvalue weighted by Gasteiger charge is -2.32. The van der Waals surface area contributed by atoms with E-state index in [0.717, 1.165) is 25.7 Å². The van der Waals surface area contributed by atoms with Gasteiger partial charge in [-0.25, -0.2) is 8.78 Å². The van der Waals surface area contributed by atoms with E-state index in [1.54, 1.807) is 0 Å². The monoisotopic (exact) mass is 358 g/mol. The molecule has 3 rings (SSSR count). The van der Waals surface area contributed by atoms with Crippen molar-refractivity contribution in [3.63, 3.8) is 0 Å². The van der Waals surface area contributed by atoms with Crippen LogP contribution in [0.25, 0.3) is 0 Å². The Kier molecular flexibility index (Phi) is 5.61. The summed E-state index contributed by atoms with van der Waals surface area (Å²) in [6.07, 6.45) is 3.41. The molecule has 0 heterocycles. The highest BCUT2D eigenvalue weighted by molar-refractivity contribution is 5.95. The average molecular weight is 358 g/mol. The summed E-state index contributed by atoms with van der Waals surface area (Å²) in [5.74, 6) is -1.39. The number of nitrogens with one attached hydrogen (secondary N) is 2. The summed E-state index contributed by atoms with van der Waals surface area (Å²) in [6, 6.07) is 10.3. The lowest BCUT2D eigenvalue weighted by Crippen LogP contribution is -2.53. The summed E-state index contributed by atoms with van der Waals surface area (Å²) in [7, 11) is 0. The van der Waals surface area contributed by atoms with Crippen molar-refractivity contribution in [2.75, 3.05) is 0 Å². The fraction of sp³-hybridized carbons (Fsp3) is 0.300.